The van der Waals surface area contributed by atoms with E-state index in [2.05, 4.69) is 16.4 Å². The molecule has 0 aliphatic heterocycles. The summed E-state index contributed by atoms with van der Waals surface area (Å²) in [5.41, 5.74) is 4.31. The van der Waals surface area contributed by atoms with Crippen molar-refractivity contribution in [2.45, 2.75) is 20.4 Å². The molecule has 0 N–H and O–H groups in total. The van der Waals surface area contributed by atoms with Crippen LogP contribution in [0.2, 0.25) is 0 Å². The van der Waals surface area contributed by atoms with Gasteiger partial charge in [0, 0.05) is 5.56 Å². The summed E-state index contributed by atoms with van der Waals surface area (Å²) >= 11 is 0. The van der Waals surface area contributed by atoms with Crippen molar-refractivity contribution in [3.8, 4) is 23.1 Å². The normalized spacial score (nSPS) is 10.4. The molecule has 0 spiro atoms. The largest absolute Gasteiger partial charge is 0.492 e. The predicted octanol–water partition coefficient (Wildman–Crippen LogP) is 3.51. The van der Waals surface area contributed by atoms with E-state index in [4.69, 9.17) is 4.74 Å². The molecule has 0 unspecified atom stereocenters. The standard InChI is InChI=1S/C19H18N4O/c1-14-7-9-16(10-8-14)24-12-11-23-19(18(13-20)21-22-23)17-6-4-3-5-15(17)2/h3-10H,11-12H2,1-2H3. The number of nitrogens with zero attached hydrogens (tertiary/aromatic N) is 4. The van der Waals surface area contributed by atoms with Gasteiger partial charge in [-0.05, 0) is 31.5 Å². The Morgan fingerprint density at radius 3 is 2.54 bits per heavy atom. The quantitative estimate of drug-likeness (QED) is 0.722. The Morgan fingerprint density at radius 2 is 1.83 bits per heavy atom. The van der Waals surface area contributed by atoms with Gasteiger partial charge in [-0.15, -0.1) is 5.10 Å². The number of hydrogen-bond acceptors (Lipinski definition) is 4. The highest BCUT2D eigenvalue weighted by Crippen LogP contribution is 2.25. The van der Waals surface area contributed by atoms with E-state index in [1.54, 1.807) is 4.68 Å². The number of aromatic nitrogens is 3. The zero-order valence-corrected chi connectivity index (χ0v) is 13.7. The molecular formula is C19H18N4O. The molecule has 3 aromatic rings. The molecular weight excluding hydrogens is 300 g/mol. The number of ether oxygens (including phenoxy) is 1. The SMILES string of the molecule is Cc1ccc(OCCn2nnc(C#N)c2-c2ccccc2C)cc1. The van der Waals surface area contributed by atoms with Gasteiger partial charge in [-0.2, -0.15) is 5.26 Å². The average Bonchev–Trinajstić information content (AvgIpc) is 3.00. The first-order valence-electron chi connectivity index (χ1n) is 7.78. The van der Waals surface area contributed by atoms with Crippen LogP contribution in [0.4, 0.5) is 0 Å². The van der Waals surface area contributed by atoms with Crippen molar-refractivity contribution < 1.29 is 4.74 Å². The van der Waals surface area contributed by atoms with E-state index in [0.29, 0.717) is 18.8 Å². The molecule has 24 heavy (non-hydrogen) atoms. The maximum atomic E-state index is 9.32. The summed E-state index contributed by atoms with van der Waals surface area (Å²) in [6, 6.07) is 17.9. The van der Waals surface area contributed by atoms with Crippen molar-refractivity contribution in [1.29, 1.82) is 5.26 Å². The molecule has 0 aliphatic carbocycles. The Hall–Kier alpha value is -3.13. The van der Waals surface area contributed by atoms with Crippen LogP contribution in [0.1, 0.15) is 16.8 Å². The van der Waals surface area contributed by atoms with Gasteiger partial charge in [0.1, 0.15) is 24.1 Å². The van der Waals surface area contributed by atoms with E-state index in [9.17, 15) is 5.26 Å². The molecule has 1 heterocycles. The molecule has 5 nitrogen and oxygen atoms in total. The summed E-state index contributed by atoms with van der Waals surface area (Å²) in [6.45, 7) is 5.02. The molecule has 0 saturated heterocycles. The summed E-state index contributed by atoms with van der Waals surface area (Å²) in [7, 11) is 0. The molecule has 0 radical (unpaired) electrons. The molecule has 3 rings (SSSR count). The highest BCUT2D eigenvalue weighted by atomic mass is 16.5. The lowest BCUT2D eigenvalue weighted by Crippen LogP contribution is -2.11. The first-order valence-corrected chi connectivity index (χ1v) is 7.78. The van der Waals surface area contributed by atoms with Crippen LogP contribution in [0.15, 0.2) is 48.5 Å². The maximum Gasteiger partial charge on any atom is 0.190 e. The zero-order chi connectivity index (χ0) is 16.9. The minimum Gasteiger partial charge on any atom is -0.492 e. The Kier molecular flexibility index (Phi) is 4.57. The second-order valence-corrected chi connectivity index (χ2v) is 5.60. The fraction of sp³-hybridized carbons (Fsp3) is 0.211. The first-order chi connectivity index (χ1) is 11.7. The van der Waals surface area contributed by atoms with E-state index in [1.807, 2.05) is 62.4 Å². The minimum absolute atomic E-state index is 0.333. The second kappa shape index (κ2) is 6.97. The molecule has 0 amide bonds. The third kappa shape index (κ3) is 3.28. The fourth-order valence-electron chi connectivity index (χ4n) is 2.53. The van der Waals surface area contributed by atoms with Gasteiger partial charge < -0.3 is 4.74 Å². The monoisotopic (exact) mass is 318 g/mol. The van der Waals surface area contributed by atoms with Gasteiger partial charge in [0.25, 0.3) is 0 Å². The summed E-state index contributed by atoms with van der Waals surface area (Å²) in [5.74, 6) is 0.818. The van der Waals surface area contributed by atoms with Crippen LogP contribution in [0.3, 0.4) is 0 Å². The second-order valence-electron chi connectivity index (χ2n) is 5.60. The van der Waals surface area contributed by atoms with Crippen molar-refractivity contribution in [2.24, 2.45) is 0 Å². The van der Waals surface area contributed by atoms with Crippen molar-refractivity contribution in [1.82, 2.24) is 15.0 Å². The van der Waals surface area contributed by atoms with Crippen LogP contribution in [-0.4, -0.2) is 21.6 Å². The van der Waals surface area contributed by atoms with Gasteiger partial charge >= 0.3 is 0 Å². The Balaban J connectivity index is 1.79. The molecule has 0 atom stereocenters. The molecule has 0 bridgehead atoms. The lowest BCUT2D eigenvalue weighted by atomic mass is 10.0. The van der Waals surface area contributed by atoms with Crippen molar-refractivity contribution >= 4 is 0 Å². The molecule has 0 aliphatic rings. The fourth-order valence-corrected chi connectivity index (χ4v) is 2.53. The summed E-state index contributed by atoms with van der Waals surface area (Å²) < 4.78 is 7.49. The lowest BCUT2D eigenvalue weighted by Gasteiger charge is -2.10. The van der Waals surface area contributed by atoms with Crippen molar-refractivity contribution in [3.05, 3.63) is 65.4 Å². The number of rotatable bonds is 5. The lowest BCUT2D eigenvalue weighted by molar-refractivity contribution is 0.290. The summed E-state index contributed by atoms with van der Waals surface area (Å²) in [4.78, 5) is 0. The van der Waals surface area contributed by atoms with E-state index >= 15 is 0 Å². The molecule has 5 heteroatoms. The zero-order valence-electron chi connectivity index (χ0n) is 13.7. The molecule has 2 aromatic carbocycles. The van der Waals surface area contributed by atoms with E-state index in [0.717, 1.165) is 22.6 Å². The third-order valence-corrected chi connectivity index (χ3v) is 3.83. The Bertz CT molecular complexity index is 875. The number of aryl methyl sites for hydroxylation is 2. The third-order valence-electron chi connectivity index (χ3n) is 3.83. The Morgan fingerprint density at radius 1 is 1.08 bits per heavy atom. The van der Waals surface area contributed by atoms with Crippen LogP contribution >= 0.6 is 0 Å². The van der Waals surface area contributed by atoms with Crippen LogP contribution in [0, 0.1) is 25.2 Å². The van der Waals surface area contributed by atoms with Crippen molar-refractivity contribution in [3.63, 3.8) is 0 Å². The maximum absolute atomic E-state index is 9.32. The number of nitriles is 1. The van der Waals surface area contributed by atoms with Gasteiger partial charge in [-0.1, -0.05) is 47.2 Å². The molecule has 120 valence electrons. The highest BCUT2D eigenvalue weighted by molar-refractivity contribution is 5.68. The van der Waals surface area contributed by atoms with Gasteiger partial charge in [-0.25, -0.2) is 4.68 Å². The Labute approximate surface area is 141 Å². The van der Waals surface area contributed by atoms with Crippen LogP contribution in [-0.2, 0) is 6.54 Å². The van der Waals surface area contributed by atoms with Crippen LogP contribution in [0.25, 0.3) is 11.3 Å². The minimum atomic E-state index is 0.333. The first kappa shape index (κ1) is 15.8. The topological polar surface area (TPSA) is 63.7 Å². The van der Waals surface area contributed by atoms with Crippen LogP contribution in [0.5, 0.6) is 5.75 Å². The molecule has 0 saturated carbocycles. The van der Waals surface area contributed by atoms with Crippen LogP contribution < -0.4 is 4.74 Å². The average molecular weight is 318 g/mol. The van der Waals surface area contributed by atoms with Crippen molar-refractivity contribution in [2.75, 3.05) is 6.61 Å². The number of hydrogen-bond donors (Lipinski definition) is 0. The summed E-state index contributed by atoms with van der Waals surface area (Å²) in [6.07, 6.45) is 0. The molecule has 0 fully saturated rings. The van der Waals surface area contributed by atoms with E-state index in [1.165, 1.54) is 5.56 Å². The van der Waals surface area contributed by atoms with Gasteiger partial charge in [-0.3, -0.25) is 0 Å². The van der Waals surface area contributed by atoms with E-state index in [-0.39, 0.29) is 0 Å². The summed E-state index contributed by atoms with van der Waals surface area (Å²) in [5, 5.41) is 17.4. The van der Waals surface area contributed by atoms with Gasteiger partial charge in [0.2, 0.25) is 0 Å². The smallest absolute Gasteiger partial charge is 0.190 e. The predicted molar refractivity (Wildman–Crippen MR) is 91.6 cm³/mol. The molecule has 1 aromatic heterocycles. The highest BCUT2D eigenvalue weighted by Gasteiger charge is 2.16. The van der Waals surface area contributed by atoms with Gasteiger partial charge in [0.05, 0.1) is 6.54 Å². The van der Waals surface area contributed by atoms with E-state index < -0.39 is 0 Å². The number of benzene rings is 2. The van der Waals surface area contributed by atoms with Gasteiger partial charge in [0.15, 0.2) is 5.69 Å².